The van der Waals surface area contributed by atoms with E-state index in [-0.39, 0.29) is 10.7 Å². The molecule has 0 bridgehead atoms. The van der Waals surface area contributed by atoms with Crippen LogP contribution in [0.3, 0.4) is 0 Å². The van der Waals surface area contributed by atoms with Crippen LogP contribution in [-0.4, -0.2) is 40.7 Å². The third-order valence-corrected chi connectivity index (χ3v) is 4.51. The Morgan fingerprint density at radius 3 is 2.73 bits per heavy atom. The Morgan fingerprint density at radius 1 is 1.55 bits per heavy atom. The molecule has 1 unspecified atom stereocenters. The SMILES string of the molecule is CC(C)(C)C1(c2ccc(C#N)c(Cl)n2)CNCCN1C(=O)O. The van der Waals surface area contributed by atoms with Crippen molar-refractivity contribution in [3.05, 3.63) is 28.5 Å². The van der Waals surface area contributed by atoms with Crippen LogP contribution in [0.25, 0.3) is 0 Å². The van der Waals surface area contributed by atoms with Crippen LogP contribution in [0.1, 0.15) is 32.0 Å². The lowest BCUT2D eigenvalue weighted by atomic mass is 9.69. The average Bonchev–Trinajstić information content (AvgIpc) is 2.45. The number of carboxylic acid groups (broad SMARTS) is 1. The van der Waals surface area contributed by atoms with Gasteiger partial charge in [-0.25, -0.2) is 9.78 Å². The first kappa shape index (κ1) is 16.5. The van der Waals surface area contributed by atoms with E-state index in [2.05, 4.69) is 10.3 Å². The van der Waals surface area contributed by atoms with Gasteiger partial charge in [-0.3, -0.25) is 4.90 Å². The second-order valence-electron chi connectivity index (χ2n) is 6.37. The number of nitrogens with one attached hydrogen (secondary N) is 1. The number of hydrogen-bond donors (Lipinski definition) is 2. The molecule has 118 valence electrons. The molecule has 2 rings (SSSR count). The van der Waals surface area contributed by atoms with Gasteiger partial charge in [-0.2, -0.15) is 5.26 Å². The maximum atomic E-state index is 11.8. The van der Waals surface area contributed by atoms with Gasteiger partial charge in [0.15, 0.2) is 0 Å². The van der Waals surface area contributed by atoms with E-state index in [1.165, 1.54) is 4.90 Å². The first-order valence-electron chi connectivity index (χ1n) is 7.02. The van der Waals surface area contributed by atoms with Crippen molar-refractivity contribution in [3.63, 3.8) is 0 Å². The van der Waals surface area contributed by atoms with Gasteiger partial charge in [0.1, 0.15) is 16.8 Å². The van der Waals surface area contributed by atoms with Crippen molar-refractivity contribution < 1.29 is 9.90 Å². The molecule has 1 aliphatic heterocycles. The molecule has 2 heterocycles. The van der Waals surface area contributed by atoms with E-state index in [9.17, 15) is 9.90 Å². The van der Waals surface area contributed by atoms with E-state index >= 15 is 0 Å². The van der Waals surface area contributed by atoms with Gasteiger partial charge in [-0.05, 0) is 17.5 Å². The molecule has 7 heteroatoms. The zero-order valence-corrected chi connectivity index (χ0v) is 13.6. The minimum absolute atomic E-state index is 0.0968. The molecule has 0 saturated carbocycles. The van der Waals surface area contributed by atoms with E-state index in [0.717, 1.165) is 0 Å². The smallest absolute Gasteiger partial charge is 0.408 e. The topological polar surface area (TPSA) is 89.3 Å². The summed E-state index contributed by atoms with van der Waals surface area (Å²) < 4.78 is 0. The normalized spacial score (nSPS) is 22.2. The molecule has 1 aromatic heterocycles. The second-order valence-corrected chi connectivity index (χ2v) is 6.73. The fourth-order valence-electron chi connectivity index (χ4n) is 3.04. The Balaban J connectivity index is 2.67. The number of piperazine rings is 1. The predicted octanol–water partition coefficient (Wildman–Crippen LogP) is 2.43. The molecular weight excluding hydrogens is 304 g/mol. The molecular formula is C15H19ClN4O2. The number of halogens is 1. The Hall–Kier alpha value is -1.84. The van der Waals surface area contributed by atoms with Crippen LogP contribution < -0.4 is 5.32 Å². The van der Waals surface area contributed by atoms with E-state index in [1.54, 1.807) is 12.1 Å². The van der Waals surface area contributed by atoms with Crippen LogP contribution in [0.5, 0.6) is 0 Å². The van der Waals surface area contributed by atoms with Crippen molar-refractivity contribution in [1.29, 1.82) is 5.26 Å². The van der Waals surface area contributed by atoms with Gasteiger partial charge in [-0.1, -0.05) is 32.4 Å². The number of nitrogens with zero attached hydrogens (tertiary/aromatic N) is 3. The number of hydrogen-bond acceptors (Lipinski definition) is 4. The maximum absolute atomic E-state index is 11.8. The molecule has 1 aliphatic rings. The number of nitriles is 1. The minimum Gasteiger partial charge on any atom is -0.465 e. The predicted molar refractivity (Wildman–Crippen MR) is 82.7 cm³/mol. The van der Waals surface area contributed by atoms with Crippen LogP contribution >= 0.6 is 11.6 Å². The lowest BCUT2D eigenvalue weighted by molar-refractivity contribution is -0.0213. The number of amides is 1. The third-order valence-electron chi connectivity index (χ3n) is 4.22. The molecule has 1 saturated heterocycles. The Bertz CT molecular complexity index is 635. The van der Waals surface area contributed by atoms with Crippen LogP contribution in [0.2, 0.25) is 5.15 Å². The van der Waals surface area contributed by atoms with E-state index in [4.69, 9.17) is 16.9 Å². The zero-order chi connectivity index (χ0) is 16.5. The number of rotatable bonds is 1. The highest BCUT2D eigenvalue weighted by molar-refractivity contribution is 6.30. The number of aromatic nitrogens is 1. The summed E-state index contributed by atoms with van der Waals surface area (Å²) in [6.45, 7) is 7.33. The van der Waals surface area contributed by atoms with Crippen molar-refractivity contribution >= 4 is 17.7 Å². The van der Waals surface area contributed by atoms with Gasteiger partial charge in [0.05, 0.1) is 11.3 Å². The molecule has 22 heavy (non-hydrogen) atoms. The quantitative estimate of drug-likeness (QED) is 0.775. The molecule has 0 aliphatic carbocycles. The monoisotopic (exact) mass is 322 g/mol. The molecule has 0 aromatic carbocycles. The summed E-state index contributed by atoms with van der Waals surface area (Å²) in [4.78, 5) is 17.5. The molecule has 0 spiro atoms. The zero-order valence-electron chi connectivity index (χ0n) is 12.9. The van der Waals surface area contributed by atoms with Crippen molar-refractivity contribution in [3.8, 4) is 6.07 Å². The van der Waals surface area contributed by atoms with Gasteiger partial charge in [-0.15, -0.1) is 0 Å². The second kappa shape index (κ2) is 5.75. The highest BCUT2D eigenvalue weighted by atomic mass is 35.5. The molecule has 1 amide bonds. The van der Waals surface area contributed by atoms with E-state index < -0.39 is 17.0 Å². The highest BCUT2D eigenvalue weighted by Crippen LogP contribution is 2.44. The minimum atomic E-state index is -0.987. The van der Waals surface area contributed by atoms with Crippen molar-refractivity contribution in [1.82, 2.24) is 15.2 Å². The summed E-state index contributed by atoms with van der Waals surface area (Å²) in [6.07, 6.45) is -0.987. The first-order chi connectivity index (χ1) is 10.2. The number of carbonyl (C=O) groups is 1. The molecule has 1 aromatic rings. The maximum Gasteiger partial charge on any atom is 0.408 e. The van der Waals surface area contributed by atoms with Crippen LogP contribution in [-0.2, 0) is 5.54 Å². The summed E-state index contributed by atoms with van der Waals surface area (Å²) >= 11 is 6.07. The first-order valence-corrected chi connectivity index (χ1v) is 7.40. The van der Waals surface area contributed by atoms with Gasteiger partial charge < -0.3 is 10.4 Å². The lowest BCUT2D eigenvalue weighted by Gasteiger charge is -2.53. The summed E-state index contributed by atoms with van der Waals surface area (Å²) in [7, 11) is 0. The molecule has 0 radical (unpaired) electrons. The fourth-order valence-corrected chi connectivity index (χ4v) is 3.23. The Kier molecular flexibility index (Phi) is 4.32. The van der Waals surface area contributed by atoms with Crippen LogP contribution in [0.4, 0.5) is 4.79 Å². The van der Waals surface area contributed by atoms with Crippen molar-refractivity contribution in [2.24, 2.45) is 5.41 Å². The molecule has 6 nitrogen and oxygen atoms in total. The van der Waals surface area contributed by atoms with Crippen molar-refractivity contribution in [2.75, 3.05) is 19.6 Å². The van der Waals surface area contributed by atoms with Crippen LogP contribution in [0, 0.1) is 16.7 Å². The summed E-state index contributed by atoms with van der Waals surface area (Å²) in [5.41, 5.74) is -0.434. The fraction of sp³-hybridized carbons (Fsp3) is 0.533. The number of pyridine rings is 1. The summed E-state index contributed by atoms with van der Waals surface area (Å²) in [5, 5.41) is 22.0. The van der Waals surface area contributed by atoms with Gasteiger partial charge in [0, 0.05) is 19.6 Å². The molecule has 1 fully saturated rings. The lowest BCUT2D eigenvalue weighted by Crippen LogP contribution is -2.66. The highest BCUT2D eigenvalue weighted by Gasteiger charge is 2.52. The van der Waals surface area contributed by atoms with Gasteiger partial charge >= 0.3 is 6.09 Å². The third kappa shape index (κ3) is 2.51. The summed E-state index contributed by atoms with van der Waals surface area (Å²) in [6, 6.07) is 5.25. The van der Waals surface area contributed by atoms with Gasteiger partial charge in [0.2, 0.25) is 0 Å². The van der Waals surface area contributed by atoms with E-state index in [1.807, 2.05) is 26.8 Å². The average molecular weight is 323 g/mol. The molecule has 1 atom stereocenters. The Labute approximate surface area is 134 Å². The Morgan fingerprint density at radius 2 is 2.23 bits per heavy atom. The largest absolute Gasteiger partial charge is 0.465 e. The van der Waals surface area contributed by atoms with Crippen LogP contribution in [0.15, 0.2) is 12.1 Å². The molecule has 2 N–H and O–H groups in total. The van der Waals surface area contributed by atoms with Gasteiger partial charge in [0.25, 0.3) is 0 Å². The van der Waals surface area contributed by atoms with Crippen molar-refractivity contribution in [2.45, 2.75) is 26.3 Å². The van der Waals surface area contributed by atoms with E-state index in [0.29, 0.717) is 25.3 Å². The standard InChI is InChI=1S/C15H19ClN4O2/c1-14(2,3)15(9-18-6-7-20(15)13(21)22)11-5-4-10(8-17)12(16)19-11/h4-5,18H,6-7,9H2,1-3H3,(H,21,22). The summed E-state index contributed by atoms with van der Waals surface area (Å²) in [5.74, 6) is 0.